The van der Waals surface area contributed by atoms with Crippen molar-refractivity contribution in [1.82, 2.24) is 0 Å². The summed E-state index contributed by atoms with van der Waals surface area (Å²) in [5.74, 6) is 4.42. The molecule has 0 aliphatic rings. The van der Waals surface area contributed by atoms with E-state index < -0.39 is 0 Å². The van der Waals surface area contributed by atoms with Crippen molar-refractivity contribution in [3.63, 3.8) is 0 Å². The standard InChI is InChI=1S/3C16H18P.3C9H7.3ClH.3V/c3*1-17(2)13-16(14-9-5-3-6-10-14)15-11-7-4-8-12-15;3*1-2-5-9-7-3-6-8(9)4-1;;;;;;/h3*3-12H,13H2,1-2H3;3*1-7H;3*1H;;;/q6*-1;;;;3*+2/p-3. The van der Waals surface area contributed by atoms with E-state index in [1.165, 1.54) is 102 Å². The van der Waals surface area contributed by atoms with Crippen LogP contribution in [0.4, 0.5) is 0 Å². The van der Waals surface area contributed by atoms with Crippen molar-refractivity contribution in [1.29, 1.82) is 0 Å². The molecule has 0 bridgehead atoms. The monoisotopic (exact) mass is 1330 g/mol. The van der Waals surface area contributed by atoms with Crippen LogP contribution in [0.25, 0.3) is 32.3 Å². The molecule has 84 heavy (non-hydrogen) atoms. The molecule has 9 heteroatoms. The molecular formula is C75H75Cl3P3V3-3. The summed E-state index contributed by atoms with van der Waals surface area (Å²) >= 11 is 0. The summed E-state index contributed by atoms with van der Waals surface area (Å²) in [6.07, 6.45) is 3.55. The maximum atomic E-state index is 2.33. The summed E-state index contributed by atoms with van der Waals surface area (Å²) in [6, 6.07) is 108. The zero-order chi connectivity index (χ0) is 54.6. The van der Waals surface area contributed by atoms with Gasteiger partial charge in [-0.15, -0.1) is 237 Å². The third-order valence-electron chi connectivity index (χ3n) is 12.8. The molecule has 0 unspecified atom stereocenters. The van der Waals surface area contributed by atoms with E-state index in [9.17, 15) is 0 Å². The molecule has 0 amide bonds. The van der Waals surface area contributed by atoms with Gasteiger partial charge in [-0.2, -0.15) is 52.6 Å². The van der Waals surface area contributed by atoms with E-state index in [4.69, 9.17) is 0 Å². The van der Waals surface area contributed by atoms with Crippen LogP contribution in [-0.2, 0) is 55.7 Å². The van der Waals surface area contributed by atoms with Crippen LogP contribution in [0, 0.1) is 17.8 Å². The van der Waals surface area contributed by atoms with E-state index >= 15 is 0 Å². The van der Waals surface area contributed by atoms with Gasteiger partial charge in [-0.1, -0.05) is 127 Å². The number of fused-ring (bicyclic) bond motifs is 3. The van der Waals surface area contributed by atoms with Gasteiger partial charge in [0.1, 0.15) is 0 Å². The van der Waals surface area contributed by atoms with Gasteiger partial charge in [-0.05, 0) is 58.5 Å². The first-order valence-corrected chi connectivity index (χ1v) is 34.1. The Morgan fingerprint density at radius 1 is 0.238 bits per heavy atom. The van der Waals surface area contributed by atoms with Crippen molar-refractivity contribution in [2.24, 2.45) is 0 Å². The second-order valence-electron chi connectivity index (χ2n) is 19.8. The molecule has 12 aromatic rings. The van der Waals surface area contributed by atoms with E-state index in [0.717, 1.165) is 0 Å². The van der Waals surface area contributed by atoms with Crippen molar-refractivity contribution in [3.05, 3.63) is 361 Å². The Morgan fingerprint density at radius 3 is 0.571 bits per heavy atom. The third kappa shape index (κ3) is 26.5. The van der Waals surface area contributed by atoms with Gasteiger partial charge < -0.3 is 37.2 Å². The average molecular weight is 1330 g/mol. The Labute approximate surface area is 562 Å². The van der Waals surface area contributed by atoms with Crippen molar-refractivity contribution in [3.8, 4) is 0 Å². The normalized spacial score (nSPS) is 9.68. The average Bonchev–Trinajstić information content (AvgIpc) is 4.39. The summed E-state index contributed by atoms with van der Waals surface area (Å²) in [6.45, 7) is 14.0. The molecule has 0 aromatic heterocycles. The molecule has 0 heterocycles. The Hall–Kier alpha value is -4.67. The molecule has 0 aliphatic carbocycles. The Morgan fingerprint density at radius 2 is 0.405 bits per heavy atom. The molecule has 429 valence electrons. The maximum absolute atomic E-state index is 2.33. The van der Waals surface area contributed by atoms with E-state index in [1.54, 1.807) is 0 Å². The van der Waals surface area contributed by atoms with Crippen LogP contribution in [0.15, 0.2) is 309 Å². The van der Waals surface area contributed by atoms with Gasteiger partial charge in [-0.25, -0.2) is 0 Å². The van der Waals surface area contributed by atoms with Crippen LogP contribution in [0.1, 0.15) is 33.4 Å². The summed E-state index contributed by atoms with van der Waals surface area (Å²) < 4.78 is 0. The second-order valence-corrected chi connectivity index (χ2v) is 27.2. The molecule has 12 aromatic carbocycles. The van der Waals surface area contributed by atoms with E-state index in [2.05, 4.69) is 349 Å². The molecule has 0 spiro atoms. The Kier molecular flexibility index (Phi) is 40.4. The third-order valence-corrected chi connectivity index (χ3v) is 15.6. The van der Waals surface area contributed by atoms with E-state index in [-0.39, 0.29) is 117 Å². The smallest absolute Gasteiger partial charge is 1.00 e. The molecule has 12 rings (SSSR count). The first-order chi connectivity index (χ1) is 38.2. The van der Waals surface area contributed by atoms with E-state index in [1.807, 2.05) is 0 Å². The number of hydrogen-bond donors (Lipinski definition) is 0. The van der Waals surface area contributed by atoms with Crippen LogP contribution in [0.5, 0.6) is 0 Å². The molecule has 0 aliphatic heterocycles. The minimum Gasteiger partial charge on any atom is -1.00 e. The molecule has 3 radical (unpaired) electrons. The topological polar surface area (TPSA) is 0 Å². The van der Waals surface area contributed by atoms with Gasteiger partial charge >= 0.3 is 55.7 Å². The van der Waals surface area contributed by atoms with Gasteiger partial charge in [0.25, 0.3) is 0 Å². The fourth-order valence-corrected chi connectivity index (χ4v) is 12.0. The van der Waals surface area contributed by atoms with Gasteiger partial charge in [-0.3, -0.25) is 0 Å². The SMILES string of the molecule is CP(C)C[C-](c1ccccc1)c1ccccc1.CP(C)C[C-](c1ccccc1)c1ccccc1.CP(C)C[C-](c1ccccc1)c1ccccc1.[Cl-].[Cl-].[Cl-].[V+2].[V+2].[V+2].c1ccc2[cH-]ccc2c1.c1ccc2[cH-]ccc2c1.c1ccc2[cH-]ccc2c1. The van der Waals surface area contributed by atoms with Gasteiger partial charge in [0.15, 0.2) is 0 Å². The van der Waals surface area contributed by atoms with Crippen molar-refractivity contribution >= 4 is 56.1 Å². The zero-order valence-electron chi connectivity index (χ0n) is 48.9. The second kappa shape index (κ2) is 43.9. The van der Waals surface area contributed by atoms with Crippen LogP contribution < -0.4 is 37.2 Å². The maximum Gasteiger partial charge on any atom is 2.00 e. The molecule has 0 atom stereocenters. The van der Waals surface area contributed by atoms with Crippen LogP contribution in [0.2, 0.25) is 0 Å². The minimum atomic E-state index is 0. The van der Waals surface area contributed by atoms with Gasteiger partial charge in [0.05, 0.1) is 0 Å². The summed E-state index contributed by atoms with van der Waals surface area (Å²) in [7, 11) is 0.228. The quantitative estimate of drug-likeness (QED) is 0.0845. The van der Waals surface area contributed by atoms with E-state index in [0.29, 0.717) is 0 Å². The Balaban J connectivity index is 0.000000507. The van der Waals surface area contributed by atoms with Gasteiger partial charge in [0.2, 0.25) is 0 Å². The number of halogens is 3. The number of rotatable bonds is 12. The molecule has 0 nitrogen and oxygen atoms in total. The largest absolute Gasteiger partial charge is 2.00 e. The first kappa shape index (κ1) is 77.3. The van der Waals surface area contributed by atoms with Crippen molar-refractivity contribution < 1.29 is 92.9 Å². The minimum absolute atomic E-state index is 0. The number of benzene rings is 9. The molecule has 0 saturated heterocycles. The predicted octanol–water partition coefficient (Wildman–Crippen LogP) is 11.9. The summed E-state index contributed by atoms with van der Waals surface area (Å²) in [5.41, 5.74) is 8.14. The fraction of sp³-hybridized carbons (Fsp3) is 0.120. The Bertz CT molecular complexity index is 2870. The van der Waals surface area contributed by atoms with Crippen molar-refractivity contribution in [2.75, 3.05) is 58.5 Å². The van der Waals surface area contributed by atoms with Crippen molar-refractivity contribution in [2.45, 2.75) is 0 Å². The fourth-order valence-electron chi connectivity index (χ4n) is 9.04. The molecule has 0 saturated carbocycles. The zero-order valence-corrected chi connectivity index (χ0v) is 58.0. The molecule has 0 fully saturated rings. The first-order valence-electron chi connectivity index (χ1n) is 26.9. The predicted molar refractivity (Wildman–Crippen MR) is 353 cm³/mol. The van der Waals surface area contributed by atoms with Crippen LogP contribution in [0.3, 0.4) is 0 Å². The summed E-state index contributed by atoms with van der Waals surface area (Å²) in [5, 5.41) is 7.99. The number of hydrogen-bond acceptors (Lipinski definition) is 0. The molecular weight excluding hydrogens is 1250 g/mol. The molecule has 0 N–H and O–H groups in total. The summed E-state index contributed by atoms with van der Waals surface area (Å²) in [4.78, 5) is 0. The van der Waals surface area contributed by atoms with Crippen LogP contribution in [-0.4, -0.2) is 58.5 Å². The van der Waals surface area contributed by atoms with Crippen LogP contribution >= 0.6 is 23.8 Å². The van der Waals surface area contributed by atoms with Gasteiger partial charge in [0, 0.05) is 0 Å².